The van der Waals surface area contributed by atoms with Crippen LogP contribution in [0.4, 0.5) is 5.69 Å². The molecule has 0 aliphatic heterocycles. The molecule has 9 heteroatoms. The molecule has 1 amide bonds. The Labute approximate surface area is 146 Å². The molecule has 2 N–H and O–H groups in total. The van der Waals surface area contributed by atoms with Crippen molar-refractivity contribution in [2.24, 2.45) is 0 Å². The minimum atomic E-state index is -3.76. The highest BCUT2D eigenvalue weighted by molar-refractivity contribution is 7.89. The molecule has 136 valence electrons. The fourth-order valence-electron chi connectivity index (χ4n) is 2.25. The molecule has 1 aromatic heterocycles. The van der Waals surface area contributed by atoms with Crippen LogP contribution in [-0.2, 0) is 14.8 Å². The van der Waals surface area contributed by atoms with Gasteiger partial charge in [-0.1, -0.05) is 5.16 Å². The molecule has 0 bridgehead atoms. The van der Waals surface area contributed by atoms with Crippen LogP contribution in [0.25, 0.3) is 0 Å². The van der Waals surface area contributed by atoms with Crippen molar-refractivity contribution in [2.45, 2.75) is 32.1 Å². The van der Waals surface area contributed by atoms with Crippen LogP contribution in [0.15, 0.2) is 33.7 Å². The molecule has 0 aliphatic carbocycles. The Kier molecular flexibility index (Phi) is 6.16. The number of amides is 1. The van der Waals surface area contributed by atoms with Gasteiger partial charge in [0.15, 0.2) is 5.76 Å². The summed E-state index contributed by atoms with van der Waals surface area (Å²) < 4.78 is 37.0. The summed E-state index contributed by atoms with van der Waals surface area (Å²) in [5, 5.41) is 6.31. The molecule has 0 saturated heterocycles. The van der Waals surface area contributed by atoms with E-state index in [0.717, 1.165) is 0 Å². The fourth-order valence-corrected chi connectivity index (χ4v) is 3.61. The highest BCUT2D eigenvalue weighted by Gasteiger charge is 2.23. The molecule has 0 spiro atoms. The van der Waals surface area contributed by atoms with Gasteiger partial charge in [0.05, 0.1) is 6.61 Å². The van der Waals surface area contributed by atoms with Gasteiger partial charge in [-0.25, -0.2) is 13.1 Å². The van der Waals surface area contributed by atoms with Gasteiger partial charge in [0.1, 0.15) is 16.3 Å². The molecule has 1 aromatic carbocycles. The molecule has 1 heterocycles. The van der Waals surface area contributed by atoms with E-state index in [4.69, 9.17) is 9.26 Å². The largest absolute Gasteiger partial charge is 0.494 e. The molecule has 25 heavy (non-hydrogen) atoms. The van der Waals surface area contributed by atoms with Gasteiger partial charge in [0.2, 0.25) is 15.9 Å². The van der Waals surface area contributed by atoms with Gasteiger partial charge in [-0.15, -0.1) is 0 Å². The predicted molar refractivity (Wildman–Crippen MR) is 92.0 cm³/mol. The second kappa shape index (κ2) is 8.13. The molecule has 0 aliphatic rings. The first-order valence-corrected chi connectivity index (χ1v) is 9.27. The number of aryl methyl sites for hydroxylation is 2. The lowest BCUT2D eigenvalue weighted by Crippen LogP contribution is -2.28. The van der Waals surface area contributed by atoms with E-state index < -0.39 is 10.0 Å². The monoisotopic (exact) mass is 367 g/mol. The normalized spacial score (nSPS) is 11.3. The number of anilines is 1. The summed E-state index contributed by atoms with van der Waals surface area (Å²) in [5.41, 5.74) is 0.894. The van der Waals surface area contributed by atoms with Gasteiger partial charge in [-0.05, 0) is 45.0 Å². The maximum Gasteiger partial charge on any atom is 0.245 e. The third-order valence-electron chi connectivity index (χ3n) is 3.33. The van der Waals surface area contributed by atoms with Crippen LogP contribution in [0.3, 0.4) is 0 Å². The Morgan fingerprint density at radius 2 is 1.92 bits per heavy atom. The van der Waals surface area contributed by atoms with Crippen molar-refractivity contribution in [1.82, 2.24) is 9.88 Å². The molecule has 0 atom stereocenters. The molecule has 2 aromatic rings. The standard InChI is InChI=1S/C16H21N3O5S/c1-4-23-14-7-5-13(6-8-14)18-15(20)9-10-17-25(21,22)16-11(2)19-24-12(16)3/h5-8,17H,4,9-10H2,1-3H3,(H,18,20). The molecule has 0 unspecified atom stereocenters. The van der Waals surface area contributed by atoms with Crippen LogP contribution in [0.1, 0.15) is 24.8 Å². The van der Waals surface area contributed by atoms with Gasteiger partial charge >= 0.3 is 0 Å². The van der Waals surface area contributed by atoms with Crippen molar-refractivity contribution < 1.29 is 22.5 Å². The summed E-state index contributed by atoms with van der Waals surface area (Å²) in [6.07, 6.45) is -0.00415. The van der Waals surface area contributed by atoms with E-state index in [1.54, 1.807) is 31.2 Å². The SMILES string of the molecule is CCOc1ccc(NC(=O)CCNS(=O)(=O)c2c(C)noc2C)cc1. The summed E-state index contributed by atoms with van der Waals surface area (Å²) >= 11 is 0. The van der Waals surface area contributed by atoms with E-state index in [2.05, 4.69) is 15.2 Å². The van der Waals surface area contributed by atoms with Crippen LogP contribution in [0.2, 0.25) is 0 Å². The van der Waals surface area contributed by atoms with E-state index in [1.807, 2.05) is 6.92 Å². The van der Waals surface area contributed by atoms with Crippen molar-refractivity contribution in [3.8, 4) is 5.75 Å². The molecule has 8 nitrogen and oxygen atoms in total. The van der Waals surface area contributed by atoms with Crippen LogP contribution in [0.5, 0.6) is 5.75 Å². The average Bonchev–Trinajstić information content (AvgIpc) is 2.89. The third kappa shape index (κ3) is 5.04. The number of benzene rings is 1. The van der Waals surface area contributed by atoms with Gasteiger partial charge in [0.25, 0.3) is 0 Å². The first kappa shape index (κ1) is 18.9. The topological polar surface area (TPSA) is 111 Å². The molecule has 0 fully saturated rings. The number of ether oxygens (including phenoxy) is 1. The summed E-state index contributed by atoms with van der Waals surface area (Å²) in [6, 6.07) is 6.94. The number of hydrogen-bond acceptors (Lipinski definition) is 6. The number of hydrogen-bond donors (Lipinski definition) is 2. The first-order valence-electron chi connectivity index (χ1n) is 7.78. The lowest BCUT2D eigenvalue weighted by molar-refractivity contribution is -0.116. The minimum Gasteiger partial charge on any atom is -0.494 e. The zero-order valence-electron chi connectivity index (χ0n) is 14.3. The maximum absolute atomic E-state index is 12.2. The summed E-state index contributed by atoms with van der Waals surface area (Å²) in [5.74, 6) is 0.627. The molecular formula is C16H21N3O5S. The van der Waals surface area contributed by atoms with Gasteiger partial charge in [-0.3, -0.25) is 4.79 Å². The summed E-state index contributed by atoms with van der Waals surface area (Å²) in [4.78, 5) is 11.9. The van der Waals surface area contributed by atoms with E-state index in [1.165, 1.54) is 6.92 Å². The number of nitrogens with one attached hydrogen (secondary N) is 2. The lowest BCUT2D eigenvalue weighted by Gasteiger charge is -2.08. The van der Waals surface area contributed by atoms with Crippen molar-refractivity contribution in [3.63, 3.8) is 0 Å². The Hall–Kier alpha value is -2.39. The first-order chi connectivity index (χ1) is 11.8. The van der Waals surface area contributed by atoms with E-state index in [9.17, 15) is 13.2 Å². The number of carbonyl (C=O) groups excluding carboxylic acids is 1. The molecule has 0 radical (unpaired) electrons. The summed E-state index contributed by atoms with van der Waals surface area (Å²) in [7, 11) is -3.76. The summed E-state index contributed by atoms with van der Waals surface area (Å²) in [6.45, 7) is 5.49. The van der Waals surface area contributed by atoms with Crippen molar-refractivity contribution >= 4 is 21.6 Å². The zero-order chi connectivity index (χ0) is 18.4. The van der Waals surface area contributed by atoms with Crippen molar-refractivity contribution in [1.29, 1.82) is 0 Å². The quantitative estimate of drug-likeness (QED) is 0.738. The number of rotatable bonds is 8. The number of aromatic nitrogens is 1. The fraction of sp³-hybridized carbons (Fsp3) is 0.375. The number of nitrogens with zero attached hydrogens (tertiary/aromatic N) is 1. The van der Waals surface area contributed by atoms with Crippen molar-refractivity contribution in [3.05, 3.63) is 35.7 Å². The van der Waals surface area contributed by atoms with Crippen LogP contribution in [0, 0.1) is 13.8 Å². The van der Waals surface area contributed by atoms with Crippen LogP contribution >= 0.6 is 0 Å². The Morgan fingerprint density at radius 3 is 2.48 bits per heavy atom. The molecular weight excluding hydrogens is 346 g/mol. The van der Waals surface area contributed by atoms with Gasteiger partial charge in [0, 0.05) is 18.7 Å². The maximum atomic E-state index is 12.2. The number of carbonyl (C=O) groups is 1. The second-order valence-corrected chi connectivity index (χ2v) is 7.01. The molecule has 0 saturated carbocycles. The second-order valence-electron chi connectivity index (χ2n) is 5.31. The van der Waals surface area contributed by atoms with E-state index in [0.29, 0.717) is 18.0 Å². The highest BCUT2D eigenvalue weighted by Crippen LogP contribution is 2.18. The van der Waals surface area contributed by atoms with Crippen LogP contribution in [-0.4, -0.2) is 32.6 Å². The van der Waals surface area contributed by atoms with Gasteiger partial charge in [-0.2, -0.15) is 0 Å². The average molecular weight is 367 g/mol. The highest BCUT2D eigenvalue weighted by atomic mass is 32.2. The third-order valence-corrected chi connectivity index (χ3v) is 5.03. The van der Waals surface area contributed by atoms with Crippen molar-refractivity contribution in [2.75, 3.05) is 18.5 Å². The smallest absolute Gasteiger partial charge is 0.245 e. The van der Waals surface area contributed by atoms with Crippen LogP contribution < -0.4 is 14.8 Å². The molecule has 2 rings (SSSR count). The Bertz CT molecular complexity index is 808. The Balaban J connectivity index is 1.86. The zero-order valence-corrected chi connectivity index (χ0v) is 15.1. The minimum absolute atomic E-state index is 0.00415. The van der Waals surface area contributed by atoms with E-state index >= 15 is 0 Å². The van der Waals surface area contributed by atoms with E-state index in [-0.39, 0.29) is 35.2 Å². The van der Waals surface area contributed by atoms with Gasteiger partial charge < -0.3 is 14.6 Å². The Morgan fingerprint density at radius 1 is 1.24 bits per heavy atom. The predicted octanol–water partition coefficient (Wildman–Crippen LogP) is 2.00. The number of sulfonamides is 1. The lowest BCUT2D eigenvalue weighted by atomic mass is 10.3.